The number of para-hydroxylation sites is 1. The Labute approximate surface area is 113 Å². The first kappa shape index (κ1) is 13.6. The van der Waals surface area contributed by atoms with Gasteiger partial charge in [0.05, 0.1) is 4.92 Å². The van der Waals surface area contributed by atoms with Crippen LogP contribution in [0.1, 0.15) is 26.2 Å². The first-order chi connectivity index (χ1) is 9.17. The molecule has 1 fully saturated rings. The molecule has 0 heterocycles. The van der Waals surface area contributed by atoms with Gasteiger partial charge in [-0.15, -0.1) is 0 Å². The van der Waals surface area contributed by atoms with Crippen LogP contribution in [0.4, 0.5) is 17.1 Å². The zero-order chi connectivity index (χ0) is 13.8. The van der Waals surface area contributed by atoms with Crippen LogP contribution in [0.3, 0.4) is 0 Å². The van der Waals surface area contributed by atoms with Gasteiger partial charge in [0.1, 0.15) is 11.4 Å². The van der Waals surface area contributed by atoms with Crippen molar-refractivity contribution in [1.82, 2.24) is 0 Å². The zero-order valence-corrected chi connectivity index (χ0v) is 11.6. The smallest absolute Gasteiger partial charge is 0.315 e. The van der Waals surface area contributed by atoms with Crippen molar-refractivity contribution in [3.05, 3.63) is 28.3 Å². The molecule has 5 nitrogen and oxygen atoms in total. The fourth-order valence-corrected chi connectivity index (χ4v) is 2.56. The van der Waals surface area contributed by atoms with Crippen LogP contribution >= 0.6 is 0 Å². The normalized spacial score (nSPS) is 14.8. The second-order valence-electron chi connectivity index (χ2n) is 5.02. The summed E-state index contributed by atoms with van der Waals surface area (Å²) in [5, 5.41) is 14.2. The molecule has 1 aromatic carbocycles. The minimum Gasteiger partial charge on any atom is -0.382 e. The number of anilines is 2. The first-order valence-electron chi connectivity index (χ1n) is 6.87. The highest BCUT2D eigenvalue weighted by Gasteiger charge is 2.26. The Morgan fingerprint density at radius 1 is 1.47 bits per heavy atom. The molecular formula is C14H21N3O2. The molecule has 0 aliphatic heterocycles. The fourth-order valence-electron chi connectivity index (χ4n) is 2.56. The third kappa shape index (κ3) is 2.80. The highest BCUT2D eigenvalue weighted by atomic mass is 16.6. The molecule has 5 heteroatoms. The third-order valence-electron chi connectivity index (χ3n) is 3.89. The molecule has 2 rings (SSSR count). The highest BCUT2D eigenvalue weighted by molar-refractivity contribution is 5.76. The van der Waals surface area contributed by atoms with E-state index >= 15 is 0 Å². The van der Waals surface area contributed by atoms with Gasteiger partial charge in [0.15, 0.2) is 0 Å². The van der Waals surface area contributed by atoms with Crippen molar-refractivity contribution in [3.63, 3.8) is 0 Å². The van der Waals surface area contributed by atoms with Crippen LogP contribution in [0, 0.1) is 16.0 Å². The molecule has 19 heavy (non-hydrogen) atoms. The monoisotopic (exact) mass is 263 g/mol. The van der Waals surface area contributed by atoms with E-state index < -0.39 is 0 Å². The van der Waals surface area contributed by atoms with Crippen LogP contribution < -0.4 is 10.2 Å². The summed E-state index contributed by atoms with van der Waals surface area (Å²) < 4.78 is 0. The van der Waals surface area contributed by atoms with Gasteiger partial charge in [-0.2, -0.15) is 0 Å². The van der Waals surface area contributed by atoms with Gasteiger partial charge in [-0.1, -0.05) is 12.5 Å². The molecule has 0 unspecified atom stereocenters. The van der Waals surface area contributed by atoms with E-state index in [0.717, 1.165) is 18.8 Å². The SMILES string of the molecule is CCN(CC1CCC1)c1cccc(NC)c1[N+](=O)[O-]. The van der Waals surface area contributed by atoms with E-state index in [-0.39, 0.29) is 10.6 Å². The van der Waals surface area contributed by atoms with E-state index in [4.69, 9.17) is 0 Å². The number of nitro groups is 1. The molecule has 1 saturated carbocycles. The van der Waals surface area contributed by atoms with Crippen LogP contribution in [-0.2, 0) is 0 Å². The Hall–Kier alpha value is -1.78. The van der Waals surface area contributed by atoms with Gasteiger partial charge in [0.2, 0.25) is 0 Å². The lowest BCUT2D eigenvalue weighted by Gasteiger charge is -2.33. The van der Waals surface area contributed by atoms with Crippen LogP contribution in [0.15, 0.2) is 18.2 Å². The Bertz CT molecular complexity index is 458. The van der Waals surface area contributed by atoms with Crippen molar-refractivity contribution in [1.29, 1.82) is 0 Å². The maximum Gasteiger partial charge on any atom is 0.315 e. The molecule has 0 radical (unpaired) electrons. The van der Waals surface area contributed by atoms with E-state index in [0.29, 0.717) is 11.6 Å². The molecule has 0 atom stereocenters. The van der Waals surface area contributed by atoms with Gasteiger partial charge in [0, 0.05) is 20.1 Å². The van der Waals surface area contributed by atoms with Crippen LogP contribution in [0.5, 0.6) is 0 Å². The largest absolute Gasteiger partial charge is 0.382 e. The molecule has 1 N–H and O–H groups in total. The van der Waals surface area contributed by atoms with Crippen LogP contribution in [0.25, 0.3) is 0 Å². The molecule has 0 bridgehead atoms. The molecular weight excluding hydrogens is 242 g/mol. The molecule has 0 amide bonds. The molecule has 0 spiro atoms. The van der Waals surface area contributed by atoms with Crippen molar-refractivity contribution in [3.8, 4) is 0 Å². The maximum absolute atomic E-state index is 11.3. The van der Waals surface area contributed by atoms with Gasteiger partial charge < -0.3 is 10.2 Å². The summed E-state index contributed by atoms with van der Waals surface area (Å²) in [6.07, 6.45) is 3.78. The minimum atomic E-state index is -0.287. The standard InChI is InChI=1S/C14H21N3O2/c1-3-16(10-11-6-4-7-11)13-9-5-8-12(15-2)14(13)17(18)19/h5,8-9,11,15H,3-4,6-7,10H2,1-2H3. The van der Waals surface area contributed by atoms with Crippen molar-refractivity contribution in [2.45, 2.75) is 26.2 Å². The number of hydrogen-bond donors (Lipinski definition) is 1. The summed E-state index contributed by atoms with van der Waals surface area (Å²) in [6.45, 7) is 3.77. The Kier molecular flexibility index (Phi) is 4.24. The van der Waals surface area contributed by atoms with Crippen LogP contribution in [0.2, 0.25) is 0 Å². The number of nitrogens with one attached hydrogen (secondary N) is 1. The molecule has 104 valence electrons. The van der Waals surface area contributed by atoms with Crippen molar-refractivity contribution in [2.75, 3.05) is 30.4 Å². The summed E-state index contributed by atoms with van der Waals surface area (Å²) in [7, 11) is 1.72. The minimum absolute atomic E-state index is 0.186. The molecule has 0 aromatic heterocycles. The second-order valence-corrected chi connectivity index (χ2v) is 5.02. The Morgan fingerprint density at radius 2 is 2.21 bits per heavy atom. The number of rotatable bonds is 6. The highest BCUT2D eigenvalue weighted by Crippen LogP contribution is 2.37. The van der Waals surface area contributed by atoms with Crippen LogP contribution in [-0.4, -0.2) is 25.1 Å². The van der Waals surface area contributed by atoms with Crippen molar-refractivity contribution >= 4 is 17.1 Å². The Balaban J connectivity index is 2.32. The van der Waals surface area contributed by atoms with Gasteiger partial charge in [-0.3, -0.25) is 10.1 Å². The molecule has 1 aliphatic carbocycles. The number of nitrogens with zero attached hydrogens (tertiary/aromatic N) is 2. The predicted molar refractivity (Wildman–Crippen MR) is 77.9 cm³/mol. The quantitative estimate of drug-likeness (QED) is 0.632. The van der Waals surface area contributed by atoms with E-state index in [9.17, 15) is 10.1 Å². The average Bonchev–Trinajstić information content (AvgIpc) is 2.36. The summed E-state index contributed by atoms with van der Waals surface area (Å²) >= 11 is 0. The Morgan fingerprint density at radius 3 is 2.68 bits per heavy atom. The number of hydrogen-bond acceptors (Lipinski definition) is 4. The third-order valence-corrected chi connectivity index (χ3v) is 3.89. The fraction of sp³-hybridized carbons (Fsp3) is 0.571. The number of nitro benzene ring substituents is 1. The summed E-state index contributed by atoms with van der Waals surface area (Å²) in [5.41, 5.74) is 1.49. The lowest BCUT2D eigenvalue weighted by Crippen LogP contribution is -2.32. The lowest BCUT2D eigenvalue weighted by atomic mass is 9.85. The van der Waals surface area contributed by atoms with Gasteiger partial charge in [-0.25, -0.2) is 0 Å². The van der Waals surface area contributed by atoms with E-state index in [1.165, 1.54) is 19.3 Å². The summed E-state index contributed by atoms with van der Waals surface area (Å²) in [6, 6.07) is 5.47. The lowest BCUT2D eigenvalue weighted by molar-refractivity contribution is -0.383. The topological polar surface area (TPSA) is 58.4 Å². The van der Waals surface area contributed by atoms with Crippen molar-refractivity contribution < 1.29 is 4.92 Å². The maximum atomic E-state index is 11.3. The van der Waals surface area contributed by atoms with E-state index in [1.54, 1.807) is 13.1 Å². The molecule has 1 aliphatic rings. The van der Waals surface area contributed by atoms with Gasteiger partial charge >= 0.3 is 5.69 Å². The predicted octanol–water partition coefficient (Wildman–Crippen LogP) is 3.26. The zero-order valence-electron chi connectivity index (χ0n) is 11.6. The molecule has 1 aromatic rings. The van der Waals surface area contributed by atoms with E-state index in [2.05, 4.69) is 17.1 Å². The van der Waals surface area contributed by atoms with Crippen molar-refractivity contribution in [2.24, 2.45) is 5.92 Å². The second kappa shape index (κ2) is 5.91. The summed E-state index contributed by atoms with van der Waals surface area (Å²) in [4.78, 5) is 13.2. The van der Waals surface area contributed by atoms with Gasteiger partial charge in [0.25, 0.3) is 0 Å². The first-order valence-corrected chi connectivity index (χ1v) is 6.87. The number of benzene rings is 1. The van der Waals surface area contributed by atoms with E-state index in [1.807, 2.05) is 12.1 Å². The van der Waals surface area contributed by atoms with Gasteiger partial charge in [-0.05, 0) is 37.8 Å². The molecule has 0 saturated heterocycles. The summed E-state index contributed by atoms with van der Waals surface area (Å²) in [5.74, 6) is 0.692. The average molecular weight is 263 g/mol.